The first-order chi connectivity index (χ1) is 34.0. The summed E-state index contributed by atoms with van der Waals surface area (Å²) < 4.78 is 16.8. The molecule has 0 aliphatic rings. The molecular weight excluding hydrogens is 853 g/mol. The van der Waals surface area contributed by atoms with E-state index in [0.29, 0.717) is 25.7 Å². The summed E-state index contributed by atoms with van der Waals surface area (Å²) in [4.78, 5) is 38.2. The number of allylic oxidation sites excluding steroid dienone is 8. The molecule has 0 amide bonds. The number of esters is 3. The molecule has 6 nitrogen and oxygen atoms in total. The van der Waals surface area contributed by atoms with Gasteiger partial charge in [0.05, 0.1) is 0 Å². The van der Waals surface area contributed by atoms with Gasteiger partial charge < -0.3 is 14.2 Å². The van der Waals surface area contributed by atoms with Gasteiger partial charge in [0.25, 0.3) is 0 Å². The molecule has 0 spiro atoms. The van der Waals surface area contributed by atoms with Crippen molar-refractivity contribution in [1.82, 2.24) is 0 Å². The lowest BCUT2D eigenvalue weighted by Crippen LogP contribution is -2.30. The second kappa shape index (κ2) is 57.9. The molecule has 0 aliphatic carbocycles. The Balaban J connectivity index is 4.37. The summed E-state index contributed by atoms with van der Waals surface area (Å²) in [5.41, 5.74) is 0. The van der Waals surface area contributed by atoms with Gasteiger partial charge in [-0.15, -0.1) is 0 Å². The van der Waals surface area contributed by atoms with Crippen LogP contribution in [0.2, 0.25) is 0 Å². The maximum atomic E-state index is 12.9. The maximum absolute atomic E-state index is 12.9. The highest BCUT2D eigenvalue weighted by Gasteiger charge is 2.19. The first kappa shape index (κ1) is 66.4. The van der Waals surface area contributed by atoms with E-state index in [-0.39, 0.29) is 31.1 Å². The highest BCUT2D eigenvalue weighted by molar-refractivity contribution is 5.71. The molecule has 402 valence electrons. The molecule has 6 heteroatoms. The van der Waals surface area contributed by atoms with E-state index in [1.807, 2.05) is 0 Å². The summed E-state index contributed by atoms with van der Waals surface area (Å²) in [6, 6.07) is 0. The highest BCUT2D eigenvalue weighted by Crippen LogP contribution is 2.17. The standard InChI is InChI=1S/C63H114O6/c1-4-7-10-13-16-19-22-25-27-29-30-31-32-34-36-39-42-45-48-51-54-57-63(66)69-60(58-67-61(64)55-52-49-46-43-40-37-24-21-18-15-12-9-6-3)59-68-62(65)56-53-50-47-44-41-38-35-33-28-26-23-20-17-14-11-8-5-2/h21,24,26,28,35,38,44,47,60H,4-20,22-23,25,27,29-34,36-37,39-43,45-46,48-59H2,1-3H3/b24-21-,28-26-,38-35-,47-44-/t60-/m0/s1. The third-order valence-electron chi connectivity index (χ3n) is 13.3. The molecule has 0 N–H and O–H groups in total. The number of carbonyl (C=O) groups is 3. The van der Waals surface area contributed by atoms with Crippen molar-refractivity contribution in [3.05, 3.63) is 48.6 Å². The van der Waals surface area contributed by atoms with Crippen LogP contribution >= 0.6 is 0 Å². The van der Waals surface area contributed by atoms with Gasteiger partial charge in [0.2, 0.25) is 0 Å². The third kappa shape index (κ3) is 56.2. The zero-order valence-electron chi connectivity index (χ0n) is 46.1. The maximum Gasteiger partial charge on any atom is 0.306 e. The van der Waals surface area contributed by atoms with Gasteiger partial charge in [0.1, 0.15) is 13.2 Å². The fourth-order valence-corrected chi connectivity index (χ4v) is 8.75. The smallest absolute Gasteiger partial charge is 0.306 e. The largest absolute Gasteiger partial charge is 0.462 e. The quantitative estimate of drug-likeness (QED) is 0.0262. The second-order valence-corrected chi connectivity index (χ2v) is 20.3. The number of hydrogen-bond donors (Lipinski definition) is 0. The predicted molar refractivity (Wildman–Crippen MR) is 298 cm³/mol. The average Bonchev–Trinajstić information content (AvgIpc) is 3.35. The summed E-state index contributed by atoms with van der Waals surface area (Å²) in [7, 11) is 0. The fraction of sp³-hybridized carbons (Fsp3) is 0.825. The summed E-state index contributed by atoms with van der Waals surface area (Å²) in [6.45, 7) is 6.61. The average molecular weight is 968 g/mol. The molecule has 0 radical (unpaired) electrons. The van der Waals surface area contributed by atoms with Crippen LogP contribution in [-0.4, -0.2) is 37.2 Å². The zero-order valence-corrected chi connectivity index (χ0v) is 46.1. The van der Waals surface area contributed by atoms with E-state index in [1.54, 1.807) is 0 Å². The third-order valence-corrected chi connectivity index (χ3v) is 13.3. The SMILES string of the molecule is CCCCCC/C=C\CCCCCCCC(=O)OC[C@@H](COC(=O)CCC/C=C\C/C=C\C/C=C\CCCCCCCC)OC(=O)CCCCCCCCCCCCCCCCCCCCCCC. The molecule has 0 heterocycles. The Labute approximate surface area is 428 Å². The molecule has 0 aliphatic heterocycles. The Bertz CT molecular complexity index is 1200. The van der Waals surface area contributed by atoms with E-state index in [4.69, 9.17) is 14.2 Å². The fourth-order valence-electron chi connectivity index (χ4n) is 8.75. The summed E-state index contributed by atoms with van der Waals surface area (Å²) in [5.74, 6) is -0.936. The molecule has 0 bridgehead atoms. The number of unbranched alkanes of at least 4 members (excludes halogenated alkanes) is 36. The van der Waals surface area contributed by atoms with Crippen LogP contribution in [-0.2, 0) is 28.6 Å². The Hall–Kier alpha value is -2.63. The van der Waals surface area contributed by atoms with Crippen molar-refractivity contribution in [2.24, 2.45) is 0 Å². The number of rotatable bonds is 55. The van der Waals surface area contributed by atoms with Gasteiger partial charge >= 0.3 is 17.9 Å². The van der Waals surface area contributed by atoms with Gasteiger partial charge in [0, 0.05) is 19.3 Å². The van der Waals surface area contributed by atoms with Crippen molar-refractivity contribution < 1.29 is 28.6 Å². The number of ether oxygens (including phenoxy) is 3. The van der Waals surface area contributed by atoms with Crippen LogP contribution < -0.4 is 0 Å². The van der Waals surface area contributed by atoms with E-state index >= 15 is 0 Å². The van der Waals surface area contributed by atoms with E-state index in [2.05, 4.69) is 69.4 Å². The van der Waals surface area contributed by atoms with Gasteiger partial charge in [-0.2, -0.15) is 0 Å². The van der Waals surface area contributed by atoms with Crippen LogP contribution in [0.3, 0.4) is 0 Å². The topological polar surface area (TPSA) is 78.9 Å². The predicted octanol–water partition coefficient (Wildman–Crippen LogP) is 20.2. The summed E-state index contributed by atoms with van der Waals surface area (Å²) >= 11 is 0. The first-order valence-corrected chi connectivity index (χ1v) is 30.1. The minimum Gasteiger partial charge on any atom is -0.462 e. The van der Waals surface area contributed by atoms with E-state index in [1.165, 1.54) is 205 Å². The Morgan fingerprint density at radius 1 is 0.290 bits per heavy atom. The van der Waals surface area contributed by atoms with Crippen molar-refractivity contribution in [3.63, 3.8) is 0 Å². The molecule has 1 atom stereocenters. The first-order valence-electron chi connectivity index (χ1n) is 30.1. The molecule has 0 aromatic rings. The number of hydrogen-bond acceptors (Lipinski definition) is 6. The van der Waals surface area contributed by atoms with E-state index < -0.39 is 6.10 Å². The van der Waals surface area contributed by atoms with Crippen LogP contribution in [0.4, 0.5) is 0 Å². The zero-order chi connectivity index (χ0) is 50.0. The van der Waals surface area contributed by atoms with Crippen LogP contribution in [0, 0.1) is 0 Å². The summed E-state index contributed by atoms with van der Waals surface area (Å²) in [5, 5.41) is 0. The minimum absolute atomic E-state index is 0.0902. The van der Waals surface area contributed by atoms with Gasteiger partial charge in [0.15, 0.2) is 6.10 Å². The van der Waals surface area contributed by atoms with E-state index in [0.717, 1.165) is 64.2 Å². The van der Waals surface area contributed by atoms with Crippen LogP contribution in [0.15, 0.2) is 48.6 Å². The molecule has 0 aromatic heterocycles. The normalized spacial score (nSPS) is 12.3. The lowest BCUT2D eigenvalue weighted by molar-refractivity contribution is -0.167. The molecule has 0 aromatic carbocycles. The lowest BCUT2D eigenvalue weighted by atomic mass is 10.0. The van der Waals surface area contributed by atoms with Crippen LogP contribution in [0.5, 0.6) is 0 Å². The van der Waals surface area contributed by atoms with Gasteiger partial charge in [-0.3, -0.25) is 14.4 Å². The highest BCUT2D eigenvalue weighted by atomic mass is 16.6. The Kier molecular flexibility index (Phi) is 55.7. The van der Waals surface area contributed by atoms with E-state index in [9.17, 15) is 14.4 Å². The second-order valence-electron chi connectivity index (χ2n) is 20.3. The molecule has 0 fully saturated rings. The number of carbonyl (C=O) groups excluding carboxylic acids is 3. The van der Waals surface area contributed by atoms with Gasteiger partial charge in [-0.1, -0.05) is 268 Å². The molecule has 0 unspecified atom stereocenters. The van der Waals surface area contributed by atoms with Gasteiger partial charge in [-0.25, -0.2) is 0 Å². The molecule has 0 saturated heterocycles. The van der Waals surface area contributed by atoms with Crippen molar-refractivity contribution in [2.75, 3.05) is 13.2 Å². The summed E-state index contributed by atoms with van der Waals surface area (Å²) in [6.07, 6.45) is 71.2. The molecular formula is C63H114O6. The van der Waals surface area contributed by atoms with Crippen molar-refractivity contribution in [3.8, 4) is 0 Å². The monoisotopic (exact) mass is 967 g/mol. The molecule has 0 saturated carbocycles. The molecule has 69 heavy (non-hydrogen) atoms. The molecule has 0 rings (SSSR count). The van der Waals surface area contributed by atoms with Crippen molar-refractivity contribution in [1.29, 1.82) is 0 Å². The minimum atomic E-state index is -0.794. The van der Waals surface area contributed by atoms with Crippen molar-refractivity contribution in [2.45, 2.75) is 322 Å². The Morgan fingerprint density at radius 3 is 0.899 bits per heavy atom. The van der Waals surface area contributed by atoms with Crippen LogP contribution in [0.25, 0.3) is 0 Å². The van der Waals surface area contributed by atoms with Crippen LogP contribution in [0.1, 0.15) is 316 Å². The van der Waals surface area contributed by atoms with Crippen molar-refractivity contribution >= 4 is 17.9 Å². The Morgan fingerprint density at radius 2 is 0.536 bits per heavy atom. The lowest BCUT2D eigenvalue weighted by Gasteiger charge is -2.18. The van der Waals surface area contributed by atoms with Gasteiger partial charge in [-0.05, 0) is 77.0 Å².